The van der Waals surface area contributed by atoms with Gasteiger partial charge in [0.2, 0.25) is 5.95 Å². The van der Waals surface area contributed by atoms with E-state index >= 15 is 0 Å². The third-order valence-electron chi connectivity index (χ3n) is 6.19. The largest absolute Gasteiger partial charge is 0.391 e. The minimum atomic E-state index is -0.786. The topological polar surface area (TPSA) is 110 Å². The molecule has 0 bridgehead atoms. The summed E-state index contributed by atoms with van der Waals surface area (Å²) in [6.45, 7) is 5.18. The van der Waals surface area contributed by atoms with Gasteiger partial charge >= 0.3 is 0 Å². The molecular weight excluding hydrogens is 418 g/mol. The number of nitrogens with zero attached hydrogens (tertiary/aromatic N) is 7. The number of fused-ring (bicyclic) bond motifs is 3. The van der Waals surface area contributed by atoms with Crippen molar-refractivity contribution in [3.05, 3.63) is 42.0 Å². The molecule has 0 radical (unpaired) electrons. The van der Waals surface area contributed by atoms with Gasteiger partial charge in [-0.25, -0.2) is 18.7 Å². The molecule has 11 heteroatoms. The fraction of sp³-hybridized carbons (Fsp3) is 0.429. The van der Waals surface area contributed by atoms with Crippen molar-refractivity contribution in [2.75, 3.05) is 23.7 Å². The highest BCUT2D eigenvalue weighted by Gasteiger charge is 2.27. The van der Waals surface area contributed by atoms with E-state index in [1.807, 2.05) is 13.1 Å². The molecule has 0 aliphatic carbocycles. The fourth-order valence-corrected chi connectivity index (χ4v) is 4.20. The van der Waals surface area contributed by atoms with Gasteiger partial charge in [0.1, 0.15) is 11.3 Å². The highest BCUT2D eigenvalue weighted by Crippen LogP contribution is 2.31. The summed E-state index contributed by atoms with van der Waals surface area (Å²) in [4.78, 5) is 10.9. The van der Waals surface area contributed by atoms with Crippen molar-refractivity contribution in [2.24, 2.45) is 0 Å². The summed E-state index contributed by atoms with van der Waals surface area (Å²) in [5.74, 6) is -0.928. The molecule has 2 unspecified atom stereocenters. The summed E-state index contributed by atoms with van der Waals surface area (Å²) in [6, 6.07) is 1.85. The van der Waals surface area contributed by atoms with E-state index in [1.165, 1.54) is 10.6 Å². The van der Waals surface area contributed by atoms with Crippen LogP contribution in [0.5, 0.6) is 0 Å². The zero-order valence-electron chi connectivity index (χ0n) is 17.8. The zero-order chi connectivity index (χ0) is 22.6. The lowest BCUT2D eigenvalue weighted by molar-refractivity contribution is 0.132. The van der Waals surface area contributed by atoms with Gasteiger partial charge in [-0.15, -0.1) is 5.10 Å². The van der Waals surface area contributed by atoms with E-state index in [1.54, 1.807) is 17.8 Å². The number of nitrogens with two attached hydrogens (primary N) is 1. The SMILES string of the molecule is CC(O)C(C)n1cc(N2CCC[C@@H](c3nc4c5cc(F)cc(F)c5nc(N)n4n3)C2)cn1. The Kier molecular flexibility index (Phi) is 4.92. The van der Waals surface area contributed by atoms with Crippen molar-refractivity contribution in [3.8, 4) is 0 Å². The van der Waals surface area contributed by atoms with Crippen LogP contribution in [0.4, 0.5) is 20.4 Å². The van der Waals surface area contributed by atoms with Crippen LogP contribution in [-0.2, 0) is 0 Å². The molecule has 0 spiro atoms. The number of aromatic nitrogens is 6. The molecule has 1 saturated heterocycles. The first-order valence-corrected chi connectivity index (χ1v) is 10.6. The highest BCUT2D eigenvalue weighted by molar-refractivity contribution is 5.92. The standard InChI is InChI=1S/C21H24F2N8O/c1-11(12(2)32)30-10-15(8-25-30)29-5-3-4-13(9-29)19-27-20-16-6-14(22)7-17(23)18(16)26-21(24)31(20)28-19/h6-8,10-13,32H,3-5,9H2,1-2H3,(H2,24,26)/t11?,12?,13-/m1/s1. The first-order valence-electron chi connectivity index (χ1n) is 10.6. The molecule has 0 saturated carbocycles. The number of benzene rings is 1. The Morgan fingerprint density at radius 1 is 1.22 bits per heavy atom. The van der Waals surface area contributed by atoms with E-state index in [4.69, 9.17) is 5.73 Å². The molecule has 32 heavy (non-hydrogen) atoms. The Morgan fingerprint density at radius 3 is 2.81 bits per heavy atom. The molecule has 1 aliphatic heterocycles. The first-order chi connectivity index (χ1) is 15.3. The second-order valence-electron chi connectivity index (χ2n) is 8.40. The lowest BCUT2D eigenvalue weighted by Crippen LogP contribution is -2.34. The predicted molar refractivity (Wildman–Crippen MR) is 115 cm³/mol. The maximum atomic E-state index is 14.2. The Bertz CT molecular complexity index is 1300. The third-order valence-corrected chi connectivity index (χ3v) is 6.19. The monoisotopic (exact) mass is 442 g/mol. The van der Waals surface area contributed by atoms with Crippen LogP contribution in [0.25, 0.3) is 16.6 Å². The Labute approximate surface area is 182 Å². The van der Waals surface area contributed by atoms with Gasteiger partial charge in [-0.1, -0.05) is 0 Å². The number of anilines is 2. The van der Waals surface area contributed by atoms with E-state index in [2.05, 4.69) is 25.1 Å². The van der Waals surface area contributed by atoms with Gasteiger partial charge in [0.15, 0.2) is 17.3 Å². The van der Waals surface area contributed by atoms with Crippen LogP contribution in [-0.4, -0.2) is 53.7 Å². The maximum absolute atomic E-state index is 14.2. The molecule has 3 N–H and O–H groups in total. The number of hydrogen-bond acceptors (Lipinski definition) is 7. The first kappa shape index (κ1) is 20.6. The van der Waals surface area contributed by atoms with Crippen LogP contribution in [0.3, 0.4) is 0 Å². The van der Waals surface area contributed by atoms with Crippen molar-refractivity contribution in [1.29, 1.82) is 0 Å². The van der Waals surface area contributed by atoms with E-state index in [9.17, 15) is 13.9 Å². The third kappa shape index (κ3) is 3.42. The second kappa shape index (κ2) is 7.66. The summed E-state index contributed by atoms with van der Waals surface area (Å²) < 4.78 is 31.2. The normalized spacial score (nSPS) is 19.0. The van der Waals surface area contributed by atoms with Crippen molar-refractivity contribution in [1.82, 2.24) is 29.4 Å². The molecular formula is C21H24F2N8O. The second-order valence-corrected chi connectivity index (χ2v) is 8.40. The average Bonchev–Trinajstić information content (AvgIpc) is 3.43. The minimum absolute atomic E-state index is 0.00203. The number of nitrogen functional groups attached to an aromatic ring is 1. The molecule has 3 atom stereocenters. The molecule has 1 fully saturated rings. The van der Waals surface area contributed by atoms with Gasteiger partial charge in [-0.05, 0) is 32.8 Å². The van der Waals surface area contributed by atoms with Crippen molar-refractivity contribution < 1.29 is 13.9 Å². The number of piperidine rings is 1. The van der Waals surface area contributed by atoms with Gasteiger partial charge in [-0.2, -0.15) is 9.61 Å². The van der Waals surface area contributed by atoms with Gasteiger partial charge in [0.05, 0.1) is 29.4 Å². The van der Waals surface area contributed by atoms with Crippen LogP contribution >= 0.6 is 0 Å². The summed E-state index contributed by atoms with van der Waals surface area (Å²) in [5, 5.41) is 19.0. The fourth-order valence-electron chi connectivity index (χ4n) is 4.20. The Balaban J connectivity index is 1.48. The van der Waals surface area contributed by atoms with Gasteiger partial charge in [0, 0.05) is 31.3 Å². The van der Waals surface area contributed by atoms with Crippen molar-refractivity contribution in [2.45, 2.75) is 44.8 Å². The lowest BCUT2D eigenvalue weighted by atomic mass is 9.97. The zero-order valence-corrected chi connectivity index (χ0v) is 17.8. The van der Waals surface area contributed by atoms with Crippen LogP contribution in [0.15, 0.2) is 24.5 Å². The molecule has 4 heterocycles. The van der Waals surface area contributed by atoms with E-state index in [0.29, 0.717) is 12.4 Å². The van der Waals surface area contributed by atoms with E-state index < -0.39 is 17.7 Å². The van der Waals surface area contributed by atoms with E-state index in [0.717, 1.165) is 31.1 Å². The quantitative estimate of drug-likeness (QED) is 0.500. The summed E-state index contributed by atoms with van der Waals surface area (Å²) >= 11 is 0. The molecule has 4 aromatic rings. The predicted octanol–water partition coefficient (Wildman–Crippen LogP) is 2.66. The lowest BCUT2D eigenvalue weighted by Gasteiger charge is -2.32. The average molecular weight is 442 g/mol. The summed E-state index contributed by atoms with van der Waals surface area (Å²) in [5.41, 5.74) is 7.21. The number of rotatable bonds is 4. The summed E-state index contributed by atoms with van der Waals surface area (Å²) in [6.07, 6.45) is 5.01. The smallest absolute Gasteiger partial charge is 0.223 e. The number of halogens is 2. The molecule has 1 aromatic carbocycles. The maximum Gasteiger partial charge on any atom is 0.223 e. The van der Waals surface area contributed by atoms with Gasteiger partial charge < -0.3 is 15.7 Å². The number of aliphatic hydroxyl groups is 1. The summed E-state index contributed by atoms with van der Waals surface area (Å²) in [7, 11) is 0. The molecule has 168 valence electrons. The van der Waals surface area contributed by atoms with Crippen LogP contribution in [0, 0.1) is 11.6 Å². The molecule has 5 rings (SSSR count). The van der Waals surface area contributed by atoms with Crippen LogP contribution < -0.4 is 10.6 Å². The van der Waals surface area contributed by atoms with Crippen LogP contribution in [0.1, 0.15) is 44.5 Å². The Hall–Kier alpha value is -3.34. The van der Waals surface area contributed by atoms with Crippen LogP contribution in [0.2, 0.25) is 0 Å². The van der Waals surface area contributed by atoms with Crippen molar-refractivity contribution in [3.63, 3.8) is 0 Å². The molecule has 3 aromatic heterocycles. The molecule has 9 nitrogen and oxygen atoms in total. The van der Waals surface area contributed by atoms with E-state index in [-0.39, 0.29) is 34.5 Å². The molecule has 1 aliphatic rings. The number of hydrogen-bond donors (Lipinski definition) is 2. The Morgan fingerprint density at radius 2 is 2.03 bits per heavy atom. The molecule has 0 amide bonds. The van der Waals surface area contributed by atoms with Gasteiger partial charge in [0.25, 0.3) is 0 Å². The van der Waals surface area contributed by atoms with Crippen molar-refractivity contribution >= 4 is 28.2 Å². The number of aliphatic hydroxyl groups excluding tert-OH is 1. The minimum Gasteiger partial charge on any atom is -0.391 e. The van der Waals surface area contributed by atoms with Gasteiger partial charge in [-0.3, -0.25) is 4.68 Å². The highest BCUT2D eigenvalue weighted by atomic mass is 19.1.